The molecule has 0 radical (unpaired) electrons. The minimum absolute atomic E-state index is 0.272. The molecule has 3 aromatic rings. The van der Waals surface area contributed by atoms with Gasteiger partial charge in [-0.2, -0.15) is 5.10 Å². The molecule has 0 saturated heterocycles. The maximum Gasteiger partial charge on any atom is 0.341 e. The Balaban J connectivity index is 1.76. The summed E-state index contributed by atoms with van der Waals surface area (Å²) in [6.45, 7) is 5.71. The number of esters is 1. The van der Waals surface area contributed by atoms with Gasteiger partial charge in [0.2, 0.25) is 0 Å². The second-order valence-electron chi connectivity index (χ2n) is 5.94. The van der Waals surface area contributed by atoms with Crippen molar-refractivity contribution < 1.29 is 14.3 Å². The normalized spacial score (nSPS) is 10.5. The molecule has 0 unspecified atom stereocenters. The number of amides is 1. The third-order valence-corrected chi connectivity index (χ3v) is 4.00. The summed E-state index contributed by atoms with van der Waals surface area (Å²) in [5, 5.41) is 7.07. The van der Waals surface area contributed by atoms with Crippen molar-refractivity contribution in [1.82, 2.24) is 14.8 Å². The van der Waals surface area contributed by atoms with Crippen LogP contribution in [-0.2, 0) is 4.74 Å². The van der Waals surface area contributed by atoms with Gasteiger partial charge in [0.05, 0.1) is 24.2 Å². The van der Waals surface area contributed by atoms with Gasteiger partial charge in [-0.15, -0.1) is 0 Å². The number of pyridine rings is 1. The molecule has 7 heteroatoms. The maximum absolute atomic E-state index is 12.3. The first-order valence-corrected chi connectivity index (χ1v) is 8.56. The lowest BCUT2D eigenvalue weighted by atomic mass is 10.2. The van der Waals surface area contributed by atoms with Crippen LogP contribution in [0.25, 0.3) is 5.69 Å². The van der Waals surface area contributed by atoms with E-state index in [9.17, 15) is 9.59 Å². The van der Waals surface area contributed by atoms with Gasteiger partial charge in [0.25, 0.3) is 5.91 Å². The molecule has 1 N–H and O–H groups in total. The van der Waals surface area contributed by atoms with Gasteiger partial charge < -0.3 is 10.1 Å². The van der Waals surface area contributed by atoms with Crippen molar-refractivity contribution in [3.63, 3.8) is 0 Å². The Bertz CT molecular complexity index is 977. The third-order valence-electron chi connectivity index (χ3n) is 4.00. The van der Waals surface area contributed by atoms with Crippen molar-refractivity contribution in [2.24, 2.45) is 0 Å². The summed E-state index contributed by atoms with van der Waals surface area (Å²) >= 11 is 0. The van der Waals surface area contributed by atoms with Crippen LogP contribution in [0.2, 0.25) is 0 Å². The van der Waals surface area contributed by atoms with Gasteiger partial charge in [-0.3, -0.25) is 4.79 Å². The Hall–Kier alpha value is -3.48. The Kier molecular flexibility index (Phi) is 5.30. The van der Waals surface area contributed by atoms with Crippen molar-refractivity contribution in [1.29, 1.82) is 0 Å². The van der Waals surface area contributed by atoms with Gasteiger partial charge in [0, 0.05) is 11.4 Å². The van der Waals surface area contributed by atoms with Gasteiger partial charge in [0.1, 0.15) is 11.3 Å². The molecule has 1 amide bonds. The zero-order valence-corrected chi connectivity index (χ0v) is 15.4. The molecule has 3 rings (SSSR count). The standard InChI is InChI=1S/C20H20N4O3/c1-4-27-20(26)17-12-21-24(14(17)3)16-10-8-15(9-11-16)23-19(25)18-7-5-6-13(2)22-18/h5-12H,4H2,1-3H3,(H,23,25). The maximum atomic E-state index is 12.3. The molecule has 0 atom stereocenters. The minimum atomic E-state index is -0.393. The van der Waals surface area contributed by atoms with Gasteiger partial charge in [-0.25, -0.2) is 14.5 Å². The average molecular weight is 364 g/mol. The third kappa shape index (κ3) is 4.03. The number of nitrogens with zero attached hydrogens (tertiary/aromatic N) is 3. The van der Waals surface area contributed by atoms with Crippen LogP contribution in [0.3, 0.4) is 0 Å². The van der Waals surface area contributed by atoms with Crippen molar-refractivity contribution in [3.8, 4) is 5.69 Å². The van der Waals surface area contributed by atoms with Crippen LogP contribution >= 0.6 is 0 Å². The highest BCUT2D eigenvalue weighted by molar-refractivity contribution is 6.02. The van der Waals surface area contributed by atoms with E-state index in [0.717, 1.165) is 11.4 Å². The van der Waals surface area contributed by atoms with E-state index in [0.29, 0.717) is 29.2 Å². The van der Waals surface area contributed by atoms with Gasteiger partial charge >= 0.3 is 5.97 Å². The molecule has 0 bridgehead atoms. The fraction of sp³-hybridized carbons (Fsp3) is 0.200. The van der Waals surface area contributed by atoms with Crippen LogP contribution in [0.5, 0.6) is 0 Å². The summed E-state index contributed by atoms with van der Waals surface area (Å²) < 4.78 is 6.68. The largest absolute Gasteiger partial charge is 0.462 e. The molecule has 138 valence electrons. The number of aromatic nitrogens is 3. The fourth-order valence-corrected chi connectivity index (χ4v) is 2.63. The first-order valence-electron chi connectivity index (χ1n) is 8.56. The molecule has 0 aliphatic carbocycles. The number of ether oxygens (including phenoxy) is 1. The second-order valence-corrected chi connectivity index (χ2v) is 5.94. The summed E-state index contributed by atoms with van der Waals surface area (Å²) in [7, 11) is 0. The number of rotatable bonds is 5. The predicted molar refractivity (Wildman–Crippen MR) is 101 cm³/mol. The van der Waals surface area contributed by atoms with E-state index in [4.69, 9.17) is 4.74 Å². The number of aryl methyl sites for hydroxylation is 1. The fourth-order valence-electron chi connectivity index (χ4n) is 2.63. The highest BCUT2D eigenvalue weighted by Crippen LogP contribution is 2.18. The Labute approximate surface area is 157 Å². The van der Waals surface area contributed by atoms with E-state index in [1.165, 1.54) is 6.20 Å². The summed E-state index contributed by atoms with van der Waals surface area (Å²) in [5.41, 5.74) is 3.68. The topological polar surface area (TPSA) is 86.1 Å². The lowest BCUT2D eigenvalue weighted by molar-refractivity contribution is 0.0525. The Morgan fingerprint density at radius 3 is 2.52 bits per heavy atom. The summed E-state index contributed by atoms with van der Waals surface area (Å²) in [4.78, 5) is 28.4. The number of hydrogen-bond acceptors (Lipinski definition) is 5. The van der Waals surface area contributed by atoms with E-state index in [2.05, 4.69) is 15.4 Å². The zero-order chi connectivity index (χ0) is 19.4. The van der Waals surface area contributed by atoms with Gasteiger partial charge in [-0.1, -0.05) is 6.07 Å². The second kappa shape index (κ2) is 7.82. The number of benzene rings is 1. The van der Waals surface area contributed by atoms with Gasteiger partial charge in [-0.05, 0) is 57.2 Å². The average Bonchev–Trinajstić information content (AvgIpc) is 3.04. The zero-order valence-electron chi connectivity index (χ0n) is 15.4. The van der Waals surface area contributed by atoms with Crippen molar-refractivity contribution >= 4 is 17.6 Å². The predicted octanol–water partition coefficient (Wildman–Crippen LogP) is 3.31. The SMILES string of the molecule is CCOC(=O)c1cnn(-c2ccc(NC(=O)c3cccc(C)n3)cc2)c1C. The molecule has 0 aliphatic rings. The molecule has 1 aromatic carbocycles. The molecule has 27 heavy (non-hydrogen) atoms. The quantitative estimate of drug-likeness (QED) is 0.702. The van der Waals surface area contributed by atoms with E-state index < -0.39 is 5.97 Å². The molecule has 0 aliphatic heterocycles. The van der Waals surface area contributed by atoms with Crippen LogP contribution in [0.4, 0.5) is 5.69 Å². The van der Waals surface area contributed by atoms with E-state index in [1.54, 1.807) is 42.8 Å². The number of hydrogen-bond donors (Lipinski definition) is 1. The molecule has 0 spiro atoms. The van der Waals surface area contributed by atoms with Crippen LogP contribution in [0.1, 0.15) is 39.2 Å². The minimum Gasteiger partial charge on any atom is -0.462 e. The van der Waals surface area contributed by atoms with Crippen molar-refractivity contribution in [3.05, 3.63) is 71.3 Å². The molecule has 7 nitrogen and oxygen atoms in total. The highest BCUT2D eigenvalue weighted by atomic mass is 16.5. The van der Waals surface area contributed by atoms with Crippen LogP contribution in [0, 0.1) is 13.8 Å². The summed E-state index contributed by atoms with van der Waals surface area (Å²) in [5.74, 6) is -0.665. The summed E-state index contributed by atoms with van der Waals surface area (Å²) in [6.07, 6.45) is 1.49. The van der Waals surface area contributed by atoms with Crippen molar-refractivity contribution in [2.75, 3.05) is 11.9 Å². The van der Waals surface area contributed by atoms with Crippen LogP contribution in [-0.4, -0.2) is 33.2 Å². The lowest BCUT2D eigenvalue weighted by Gasteiger charge is -2.08. The molecule has 0 fully saturated rings. The molecule has 2 aromatic heterocycles. The molecular formula is C20H20N4O3. The number of nitrogens with one attached hydrogen (secondary N) is 1. The number of carbonyl (C=O) groups is 2. The van der Waals surface area contributed by atoms with Crippen LogP contribution < -0.4 is 5.32 Å². The summed E-state index contributed by atoms with van der Waals surface area (Å²) in [6, 6.07) is 12.5. The number of anilines is 1. The molecule has 2 heterocycles. The van der Waals surface area contributed by atoms with E-state index in [-0.39, 0.29) is 5.91 Å². The van der Waals surface area contributed by atoms with E-state index in [1.807, 2.05) is 25.1 Å². The Morgan fingerprint density at radius 2 is 1.85 bits per heavy atom. The lowest BCUT2D eigenvalue weighted by Crippen LogP contribution is -2.14. The van der Waals surface area contributed by atoms with Crippen molar-refractivity contribution in [2.45, 2.75) is 20.8 Å². The first-order chi connectivity index (χ1) is 13.0. The first kappa shape index (κ1) is 18.3. The molecular weight excluding hydrogens is 344 g/mol. The highest BCUT2D eigenvalue weighted by Gasteiger charge is 2.16. The van der Waals surface area contributed by atoms with Crippen LogP contribution in [0.15, 0.2) is 48.7 Å². The van der Waals surface area contributed by atoms with E-state index >= 15 is 0 Å². The smallest absolute Gasteiger partial charge is 0.341 e. The monoisotopic (exact) mass is 364 g/mol. The Morgan fingerprint density at radius 1 is 1.11 bits per heavy atom. The number of carbonyl (C=O) groups excluding carboxylic acids is 2. The molecule has 0 saturated carbocycles. The van der Waals surface area contributed by atoms with Gasteiger partial charge in [0.15, 0.2) is 0 Å².